The lowest BCUT2D eigenvalue weighted by atomic mass is 9.87. The van der Waals surface area contributed by atoms with E-state index in [-0.39, 0.29) is 17.6 Å². The fourth-order valence-electron chi connectivity index (χ4n) is 4.00. The Bertz CT molecular complexity index is 1380. The van der Waals surface area contributed by atoms with Gasteiger partial charge in [0.1, 0.15) is 43.1 Å². The van der Waals surface area contributed by atoms with Gasteiger partial charge in [-0.2, -0.15) is 0 Å². The molecule has 0 fully saturated rings. The van der Waals surface area contributed by atoms with Crippen molar-refractivity contribution in [1.29, 1.82) is 0 Å². The maximum absolute atomic E-state index is 12.3. The van der Waals surface area contributed by atoms with E-state index in [0.717, 1.165) is 22.4 Å². The van der Waals surface area contributed by atoms with Crippen LogP contribution in [0.2, 0.25) is 0 Å². The minimum absolute atomic E-state index is 0.106. The van der Waals surface area contributed by atoms with Crippen LogP contribution in [0.15, 0.2) is 89.4 Å². The van der Waals surface area contributed by atoms with E-state index in [1.165, 1.54) is 33.2 Å². The van der Waals surface area contributed by atoms with Gasteiger partial charge in [0.2, 0.25) is 0 Å². The van der Waals surface area contributed by atoms with Gasteiger partial charge in [-0.05, 0) is 53.3 Å². The zero-order valence-electron chi connectivity index (χ0n) is 24.8. The first-order valence-electron chi connectivity index (χ1n) is 13.2. The van der Waals surface area contributed by atoms with Gasteiger partial charge in [0, 0.05) is 11.1 Å². The van der Waals surface area contributed by atoms with Gasteiger partial charge in [-0.1, -0.05) is 79.6 Å². The summed E-state index contributed by atoms with van der Waals surface area (Å²) in [6.45, 7) is 8.94. The van der Waals surface area contributed by atoms with E-state index in [2.05, 4.69) is 55.3 Å². The zero-order chi connectivity index (χ0) is 29.8. The molecule has 41 heavy (non-hydrogen) atoms. The lowest BCUT2D eigenvalue weighted by Gasteiger charge is -2.19. The summed E-state index contributed by atoms with van der Waals surface area (Å²) in [6, 6.07) is 23.3. The first-order valence-corrected chi connectivity index (χ1v) is 13.2. The maximum Gasteiger partial charge on any atom is 0.341 e. The molecule has 8 nitrogen and oxygen atoms in total. The molecule has 8 heteroatoms. The monoisotopic (exact) mass is 558 g/mol. The van der Waals surface area contributed by atoms with E-state index in [9.17, 15) is 4.79 Å². The van der Waals surface area contributed by atoms with Crippen LogP contribution >= 0.6 is 0 Å². The molecule has 3 rings (SSSR count). The number of rotatable bonds is 12. The second-order valence-electron chi connectivity index (χ2n) is 10.2. The van der Waals surface area contributed by atoms with Crippen molar-refractivity contribution in [2.45, 2.75) is 46.3 Å². The van der Waals surface area contributed by atoms with Crippen LogP contribution < -0.4 is 4.74 Å². The number of esters is 1. The number of ether oxygens (including phenoxy) is 3. The highest BCUT2D eigenvalue weighted by atomic mass is 16.6. The summed E-state index contributed by atoms with van der Waals surface area (Å²) in [7, 11) is 4.26. The molecule has 3 aromatic rings. The van der Waals surface area contributed by atoms with Gasteiger partial charge in [-0.3, -0.25) is 0 Å². The van der Waals surface area contributed by atoms with Crippen molar-refractivity contribution in [3.8, 4) is 5.75 Å². The Balaban J connectivity index is 1.68. The van der Waals surface area contributed by atoms with Crippen LogP contribution in [0.4, 0.5) is 0 Å². The van der Waals surface area contributed by atoms with Crippen LogP contribution in [0.1, 0.15) is 55.5 Å². The van der Waals surface area contributed by atoms with Crippen molar-refractivity contribution in [2.75, 3.05) is 21.3 Å². The minimum atomic E-state index is -0.514. The molecule has 0 bridgehead atoms. The van der Waals surface area contributed by atoms with Gasteiger partial charge in [-0.15, -0.1) is 0 Å². The molecule has 216 valence electrons. The summed E-state index contributed by atoms with van der Waals surface area (Å²) in [5.74, 6) is 0.220. The molecule has 0 saturated carbocycles. The molecule has 0 spiro atoms. The van der Waals surface area contributed by atoms with Gasteiger partial charge < -0.3 is 23.9 Å². The molecular weight excluding hydrogens is 520 g/mol. The number of oxime groups is 2. The standard InChI is InChI=1S/C33H38N2O6/c1-23(34-41-21-26-10-8-9-11-29(26)30(22-37-5)32(36)38-6)31(35-39-7)25-14-18-28(19-15-25)40-20-24-12-16-27(17-13-24)33(2,3)4/h8-19,22H,20-21H2,1-7H3. The topological polar surface area (TPSA) is 87.9 Å². The van der Waals surface area contributed by atoms with E-state index in [1.54, 1.807) is 13.0 Å². The maximum atomic E-state index is 12.3. The molecule has 0 aliphatic carbocycles. The Morgan fingerprint density at radius 1 is 0.854 bits per heavy atom. The van der Waals surface area contributed by atoms with Crippen molar-refractivity contribution in [3.05, 3.63) is 107 Å². The largest absolute Gasteiger partial charge is 0.503 e. The molecule has 0 heterocycles. The fraction of sp³-hybridized carbons (Fsp3) is 0.303. The number of hydrogen-bond acceptors (Lipinski definition) is 8. The molecule has 0 aliphatic rings. The average molecular weight is 559 g/mol. The molecule has 0 N–H and O–H groups in total. The molecule has 0 aromatic heterocycles. The van der Waals surface area contributed by atoms with Crippen molar-refractivity contribution in [3.63, 3.8) is 0 Å². The predicted molar refractivity (Wildman–Crippen MR) is 161 cm³/mol. The Labute approximate surface area is 242 Å². The predicted octanol–water partition coefficient (Wildman–Crippen LogP) is 6.67. The molecule has 0 aliphatic heterocycles. The lowest BCUT2D eigenvalue weighted by Crippen LogP contribution is -2.13. The fourth-order valence-corrected chi connectivity index (χ4v) is 4.00. The van der Waals surface area contributed by atoms with Crippen LogP contribution in [0.5, 0.6) is 5.75 Å². The molecule has 3 aromatic carbocycles. The molecule has 0 radical (unpaired) electrons. The van der Waals surface area contributed by atoms with Crippen LogP contribution in [-0.2, 0) is 42.6 Å². The first-order chi connectivity index (χ1) is 19.7. The van der Waals surface area contributed by atoms with E-state index in [1.807, 2.05) is 42.5 Å². The number of nitrogens with zero attached hydrogens (tertiary/aromatic N) is 2. The van der Waals surface area contributed by atoms with Crippen molar-refractivity contribution in [1.82, 2.24) is 0 Å². The molecule has 0 atom stereocenters. The van der Waals surface area contributed by atoms with E-state index >= 15 is 0 Å². The number of benzene rings is 3. The third-order valence-electron chi connectivity index (χ3n) is 6.25. The lowest BCUT2D eigenvalue weighted by molar-refractivity contribution is -0.133. The van der Waals surface area contributed by atoms with E-state index < -0.39 is 5.97 Å². The Kier molecular flexibility index (Phi) is 11.1. The SMILES string of the molecule is COC=C(C(=O)OC)c1ccccc1CON=C(C)C(=NOC)c1ccc(OCc2ccc(C(C)(C)C)cc2)cc1. The van der Waals surface area contributed by atoms with Crippen LogP contribution in [0.25, 0.3) is 5.57 Å². The third kappa shape index (κ3) is 8.70. The minimum Gasteiger partial charge on any atom is -0.503 e. The number of carbonyl (C=O) groups is 1. The highest BCUT2D eigenvalue weighted by Gasteiger charge is 2.17. The molecule has 0 amide bonds. The van der Waals surface area contributed by atoms with Gasteiger partial charge in [0.25, 0.3) is 0 Å². The van der Waals surface area contributed by atoms with Crippen molar-refractivity contribution >= 4 is 23.0 Å². The van der Waals surface area contributed by atoms with Gasteiger partial charge in [-0.25, -0.2) is 4.79 Å². The zero-order valence-corrected chi connectivity index (χ0v) is 24.8. The number of carbonyl (C=O) groups excluding carboxylic acids is 1. The first kappa shape index (κ1) is 30.9. The van der Waals surface area contributed by atoms with Gasteiger partial charge in [0.05, 0.1) is 20.5 Å². The highest BCUT2D eigenvalue weighted by Crippen LogP contribution is 2.24. The van der Waals surface area contributed by atoms with Gasteiger partial charge in [0.15, 0.2) is 0 Å². The normalized spacial score (nSPS) is 12.5. The van der Waals surface area contributed by atoms with Crippen molar-refractivity contribution in [2.24, 2.45) is 10.3 Å². The number of methoxy groups -OCH3 is 2. The second-order valence-corrected chi connectivity index (χ2v) is 10.2. The summed E-state index contributed by atoms with van der Waals surface area (Å²) >= 11 is 0. The summed E-state index contributed by atoms with van der Waals surface area (Å²) in [6.07, 6.45) is 1.35. The summed E-state index contributed by atoms with van der Waals surface area (Å²) in [5, 5.41) is 8.41. The quantitative estimate of drug-likeness (QED) is 0.0812. The van der Waals surface area contributed by atoms with Crippen LogP contribution in [0.3, 0.4) is 0 Å². The Morgan fingerprint density at radius 2 is 1.54 bits per heavy atom. The Hall–Kier alpha value is -4.59. The number of hydrogen-bond donors (Lipinski definition) is 0. The second kappa shape index (κ2) is 14.7. The Morgan fingerprint density at radius 3 is 2.15 bits per heavy atom. The summed E-state index contributed by atoms with van der Waals surface area (Å²) in [5.41, 5.74) is 5.95. The molecule has 0 unspecified atom stereocenters. The smallest absolute Gasteiger partial charge is 0.341 e. The van der Waals surface area contributed by atoms with Crippen LogP contribution in [-0.4, -0.2) is 38.7 Å². The highest BCUT2D eigenvalue weighted by molar-refractivity contribution is 6.47. The average Bonchev–Trinajstić information content (AvgIpc) is 2.97. The molecule has 0 saturated heterocycles. The van der Waals surface area contributed by atoms with Gasteiger partial charge >= 0.3 is 5.97 Å². The molecular formula is C33H38N2O6. The van der Waals surface area contributed by atoms with E-state index in [4.69, 9.17) is 23.9 Å². The van der Waals surface area contributed by atoms with Crippen molar-refractivity contribution < 1.29 is 28.7 Å². The summed E-state index contributed by atoms with van der Waals surface area (Å²) < 4.78 is 16.0. The van der Waals surface area contributed by atoms with E-state index in [0.29, 0.717) is 23.6 Å². The van der Waals surface area contributed by atoms with Crippen LogP contribution in [0, 0.1) is 0 Å². The third-order valence-corrected chi connectivity index (χ3v) is 6.25. The summed E-state index contributed by atoms with van der Waals surface area (Å²) in [4.78, 5) is 23.0.